The van der Waals surface area contributed by atoms with Gasteiger partial charge in [0, 0.05) is 39.3 Å². The normalized spacial score (nSPS) is 18.7. The molecule has 2 fully saturated rings. The van der Waals surface area contributed by atoms with Crippen molar-refractivity contribution in [1.29, 1.82) is 0 Å². The maximum atomic E-state index is 14.3. The number of aryl methyl sites for hydroxylation is 4. The number of H-pyrrole nitrogens is 2. The molecule has 0 unspecified atom stereocenters. The Morgan fingerprint density at radius 1 is 0.605 bits per heavy atom. The molecule has 4 aromatic carbocycles. The molecular weight excluding hydrogens is 1010 g/mol. The molecule has 76 heavy (non-hydrogen) atoms. The fraction of sp³-hybridized carbons (Fsp3) is 0.436. The molecule has 0 saturated carbocycles. The Morgan fingerprint density at radius 3 is 1.43 bits per heavy atom. The third-order valence-electron chi connectivity index (χ3n) is 15.0. The number of carbonyl (C=O) groups excluding carboxylic acids is 3. The van der Waals surface area contributed by atoms with Crippen molar-refractivity contribution in [2.75, 3.05) is 66.0 Å². The van der Waals surface area contributed by atoms with E-state index in [1.807, 2.05) is 39.8 Å². The Labute approximate surface area is 444 Å². The van der Waals surface area contributed by atoms with E-state index < -0.39 is 50.3 Å². The smallest absolute Gasteiger partial charge is 0.407 e. The second-order valence-corrected chi connectivity index (χ2v) is 24.8. The molecule has 3 amide bonds. The van der Waals surface area contributed by atoms with Gasteiger partial charge in [0.2, 0.25) is 31.9 Å². The highest BCUT2D eigenvalue weighted by Gasteiger charge is 2.42. The van der Waals surface area contributed by atoms with E-state index in [0.717, 1.165) is 65.2 Å². The van der Waals surface area contributed by atoms with Crippen molar-refractivity contribution >= 4 is 60.0 Å². The molecule has 4 N–H and O–H groups in total. The first-order valence-corrected chi connectivity index (χ1v) is 29.4. The molecule has 4 atom stereocenters. The summed E-state index contributed by atoms with van der Waals surface area (Å²) in [6, 6.07) is 22.6. The number of hydrogen-bond donors (Lipinski definition) is 4. The van der Waals surface area contributed by atoms with Gasteiger partial charge < -0.3 is 39.9 Å². The predicted octanol–water partition coefficient (Wildman–Crippen LogP) is 6.06. The number of methoxy groups -OCH3 is 2. The van der Waals surface area contributed by atoms with Crippen molar-refractivity contribution in [3.63, 3.8) is 0 Å². The second-order valence-electron chi connectivity index (χ2n) is 20.9. The molecule has 4 aliphatic carbocycles. The minimum absolute atomic E-state index is 0.00486. The molecule has 2 aromatic heterocycles. The quantitative estimate of drug-likeness (QED) is 0.0913. The molecule has 4 bridgehead atoms. The number of carbonyl (C=O) groups is 3. The molecule has 0 radical (unpaired) electrons. The average molecular weight is 1080 g/mol. The molecule has 21 heteroatoms. The molecule has 19 nitrogen and oxygen atoms in total. The highest BCUT2D eigenvalue weighted by Crippen LogP contribution is 2.36. The van der Waals surface area contributed by atoms with Crippen LogP contribution in [0.1, 0.15) is 73.7 Å². The lowest BCUT2D eigenvalue weighted by molar-refractivity contribution is -0.139. The topological polar surface area (TPSA) is 232 Å². The van der Waals surface area contributed by atoms with Crippen LogP contribution in [0.25, 0.3) is 44.3 Å². The summed E-state index contributed by atoms with van der Waals surface area (Å²) in [6.45, 7) is 12.0. The van der Waals surface area contributed by atoms with E-state index in [1.165, 1.54) is 51.3 Å². The Hall–Kier alpha value is -6.81. The van der Waals surface area contributed by atoms with Crippen molar-refractivity contribution in [2.24, 2.45) is 11.8 Å². The number of rotatable bonds is 14. The summed E-state index contributed by atoms with van der Waals surface area (Å²) in [5, 5.41) is 5.77. The zero-order chi connectivity index (χ0) is 54.4. The molecule has 2 aliphatic heterocycles. The number of benzene rings is 4. The van der Waals surface area contributed by atoms with Gasteiger partial charge in [-0.15, -0.1) is 0 Å². The van der Waals surface area contributed by atoms with Crippen LogP contribution in [-0.4, -0.2) is 151 Å². The first kappa shape index (κ1) is 54.0. The molecular formula is C55H68N10O9S2. The predicted molar refractivity (Wildman–Crippen MR) is 292 cm³/mol. The van der Waals surface area contributed by atoms with E-state index in [0.29, 0.717) is 22.7 Å². The number of aromatic amines is 2. The molecule has 2 saturated heterocycles. The van der Waals surface area contributed by atoms with Crippen LogP contribution in [0.15, 0.2) is 85.3 Å². The number of alkyl carbamates (subject to hydrolysis) is 1. The van der Waals surface area contributed by atoms with E-state index >= 15 is 0 Å². The third-order valence-corrected chi connectivity index (χ3v) is 17.6. The van der Waals surface area contributed by atoms with Crippen molar-refractivity contribution in [3.8, 4) is 22.3 Å². The van der Waals surface area contributed by atoms with E-state index in [4.69, 9.17) is 19.4 Å². The van der Waals surface area contributed by atoms with Gasteiger partial charge in [-0.05, 0) is 113 Å². The zero-order valence-corrected chi connectivity index (χ0v) is 46.0. The first-order valence-electron chi connectivity index (χ1n) is 25.7. The van der Waals surface area contributed by atoms with Gasteiger partial charge in [-0.3, -0.25) is 9.59 Å². The lowest BCUT2D eigenvalue weighted by Gasteiger charge is -2.41. The molecule has 6 aliphatic rings. The maximum Gasteiger partial charge on any atom is 0.407 e. The summed E-state index contributed by atoms with van der Waals surface area (Å²) in [6.07, 6.45) is 4.67. The van der Waals surface area contributed by atoms with Gasteiger partial charge in [0.15, 0.2) is 5.88 Å². The number of sulfonamides is 2. The third kappa shape index (κ3) is 11.3. The van der Waals surface area contributed by atoms with E-state index in [9.17, 15) is 31.2 Å². The van der Waals surface area contributed by atoms with Gasteiger partial charge in [0.05, 0.1) is 48.8 Å². The lowest BCUT2D eigenvalue weighted by atomic mass is 9.87. The van der Waals surface area contributed by atoms with Crippen molar-refractivity contribution in [2.45, 2.75) is 77.5 Å². The van der Waals surface area contributed by atoms with Gasteiger partial charge in [0.25, 0.3) is 0 Å². The number of piperazine rings is 2. The number of ether oxygens (including phenoxy) is 2. The molecule has 6 aromatic rings. The summed E-state index contributed by atoms with van der Waals surface area (Å²) in [7, 11) is -4.44. The summed E-state index contributed by atoms with van der Waals surface area (Å²) in [5.41, 5.74) is 11.8. The zero-order valence-electron chi connectivity index (χ0n) is 44.3. The van der Waals surface area contributed by atoms with Crippen LogP contribution >= 0.6 is 0 Å². The van der Waals surface area contributed by atoms with Crippen LogP contribution in [0.4, 0.5) is 4.79 Å². The summed E-state index contributed by atoms with van der Waals surface area (Å²) in [5.74, 6) is 0.256. The Balaban J connectivity index is 0.984. The van der Waals surface area contributed by atoms with Crippen LogP contribution in [0.2, 0.25) is 0 Å². The van der Waals surface area contributed by atoms with Crippen molar-refractivity contribution < 1.29 is 40.7 Å². The molecule has 12 rings (SSSR count). The fourth-order valence-corrected chi connectivity index (χ4v) is 12.4. The maximum absolute atomic E-state index is 14.3. The lowest BCUT2D eigenvalue weighted by Crippen LogP contribution is -2.58. The molecule has 404 valence electrons. The highest BCUT2D eigenvalue weighted by molar-refractivity contribution is 7.88. The van der Waals surface area contributed by atoms with E-state index in [2.05, 4.69) is 87.8 Å². The second kappa shape index (κ2) is 21.7. The molecule has 0 spiro atoms. The SMILES string of the molecule is C=C(N[C@H](C(=O)N1CCN(S(C)(=O)=O)C[C@H]1c1nc2ccc(-c3cc4ccc3CCc3ccc(c(-c5ccc6nc([C@@H]7CN(S(C)(=O)=O)CCN7C(=O)[C@@H](NC(=O)OC)C(C)C)[nH]c6c5)c3)CC4)cc2[nH]1)C(C)C)OC. The number of hydrogen-bond acceptors (Lipinski definition) is 12. The number of nitrogens with zero attached hydrogens (tertiary/aromatic N) is 6. The van der Waals surface area contributed by atoms with E-state index in [-0.39, 0.29) is 68.8 Å². The fourth-order valence-electron chi connectivity index (χ4n) is 10.7. The Kier molecular flexibility index (Phi) is 15.4. The van der Waals surface area contributed by atoms with Crippen LogP contribution in [0.3, 0.4) is 0 Å². The minimum atomic E-state index is -3.60. The number of imidazole rings is 2. The highest BCUT2D eigenvalue weighted by atomic mass is 32.2. The van der Waals surface area contributed by atoms with Gasteiger partial charge >= 0.3 is 6.09 Å². The van der Waals surface area contributed by atoms with Crippen LogP contribution in [-0.2, 0) is 64.8 Å². The van der Waals surface area contributed by atoms with Gasteiger partial charge in [0.1, 0.15) is 35.8 Å². The van der Waals surface area contributed by atoms with Crippen molar-refractivity contribution in [3.05, 3.63) is 119 Å². The average Bonchev–Trinajstić information content (AvgIpc) is 4.05. The first-order chi connectivity index (χ1) is 36.1. The van der Waals surface area contributed by atoms with Crippen LogP contribution in [0, 0.1) is 11.8 Å². The number of nitrogens with one attached hydrogen (secondary N) is 4. The summed E-state index contributed by atoms with van der Waals surface area (Å²) < 4.78 is 64.3. The van der Waals surface area contributed by atoms with Gasteiger partial charge in [-0.1, -0.05) is 76.2 Å². The van der Waals surface area contributed by atoms with Gasteiger partial charge in [-0.2, -0.15) is 8.61 Å². The summed E-state index contributed by atoms with van der Waals surface area (Å²) >= 11 is 0. The monoisotopic (exact) mass is 1080 g/mol. The standard InChI is InChI=1S/C55H68N10O9S2/c1-32(2)49(56-34(5)73-6)53(66)64-24-22-62(75(8,69)70)30-47(64)51-57-43-20-18-39(28-45(43)59-51)41-26-35-10-14-37(41)15-11-36-13-17-38(16-12-35)42(27-36)40-19-21-44-46(29-40)60-52(58-44)48-31-63(76(9,71)72)23-25-65(48)54(67)50(33(3)4)61-55(68)74-7/h10,13-14,17-21,26-29,32-33,47-50,56H,5,11-12,15-16,22-25,30-31H2,1-4,6-9H3,(H,57,59)(H,58,60)(H,61,68)/t47-,48-,49-,50-/m0/s1. The van der Waals surface area contributed by atoms with E-state index in [1.54, 1.807) is 9.80 Å². The number of fused-ring (bicyclic) bond motifs is 2. The largest absolute Gasteiger partial charge is 0.483 e. The molecule has 4 heterocycles. The van der Waals surface area contributed by atoms with Gasteiger partial charge in [-0.25, -0.2) is 31.6 Å². The van der Waals surface area contributed by atoms with Crippen LogP contribution in [0.5, 0.6) is 0 Å². The minimum Gasteiger partial charge on any atom is -0.483 e. The number of aromatic nitrogens is 4. The van der Waals surface area contributed by atoms with Crippen LogP contribution < -0.4 is 10.6 Å². The van der Waals surface area contributed by atoms with Crippen molar-refractivity contribution in [1.82, 2.24) is 49.0 Å². The number of amides is 3. The summed E-state index contributed by atoms with van der Waals surface area (Å²) in [4.78, 5) is 60.9. The Morgan fingerprint density at radius 2 is 1.04 bits per heavy atom. The Bertz CT molecular complexity index is 3220.